The Bertz CT molecular complexity index is 620. The summed E-state index contributed by atoms with van der Waals surface area (Å²) in [6.45, 7) is 0.137. The minimum Gasteiger partial charge on any atom is -0.258 e. The van der Waals surface area contributed by atoms with E-state index in [9.17, 15) is 23.3 Å². The van der Waals surface area contributed by atoms with Crippen LogP contribution in [0.5, 0.6) is 0 Å². The highest BCUT2D eigenvalue weighted by Crippen LogP contribution is 2.21. The van der Waals surface area contributed by atoms with Gasteiger partial charge in [0, 0.05) is 0 Å². The molecule has 0 spiro atoms. The van der Waals surface area contributed by atoms with E-state index < -0.39 is 23.7 Å². The van der Waals surface area contributed by atoms with Gasteiger partial charge in [-0.3, -0.25) is 14.8 Å². The second kappa shape index (κ2) is 4.86. The largest absolute Gasteiger partial charge is 0.408 e. The van der Waals surface area contributed by atoms with E-state index in [1.54, 1.807) is 0 Å². The van der Waals surface area contributed by atoms with Gasteiger partial charge in [0.25, 0.3) is 0 Å². The molecule has 12 heteroatoms. The van der Waals surface area contributed by atoms with Crippen LogP contribution in [0.1, 0.15) is 18.8 Å². The van der Waals surface area contributed by atoms with Gasteiger partial charge >= 0.3 is 11.9 Å². The molecule has 0 radical (unpaired) electrons. The van der Waals surface area contributed by atoms with E-state index in [2.05, 4.69) is 20.6 Å². The van der Waals surface area contributed by atoms with E-state index >= 15 is 0 Å². The Morgan fingerprint density at radius 1 is 1.50 bits per heavy atom. The number of nitrogens with zero attached hydrogens (tertiary/aromatic N) is 7. The number of alkyl halides is 3. The van der Waals surface area contributed by atoms with Crippen molar-refractivity contribution in [3.05, 3.63) is 28.3 Å². The van der Waals surface area contributed by atoms with Crippen molar-refractivity contribution in [3.8, 4) is 0 Å². The van der Waals surface area contributed by atoms with Gasteiger partial charge in [0.1, 0.15) is 25.0 Å². The van der Waals surface area contributed by atoms with E-state index in [0.29, 0.717) is 4.68 Å². The van der Waals surface area contributed by atoms with Gasteiger partial charge in [-0.15, -0.1) is 5.10 Å². The minimum absolute atomic E-state index is 0.0969. The van der Waals surface area contributed by atoms with Crippen molar-refractivity contribution in [2.24, 2.45) is 0 Å². The van der Waals surface area contributed by atoms with Crippen LogP contribution in [0.4, 0.5) is 18.9 Å². The molecule has 20 heavy (non-hydrogen) atoms. The molecule has 0 aliphatic carbocycles. The lowest BCUT2D eigenvalue weighted by molar-refractivity contribution is -0.385. The van der Waals surface area contributed by atoms with Crippen LogP contribution in [-0.2, 0) is 6.54 Å². The molecule has 0 bridgehead atoms. The van der Waals surface area contributed by atoms with Crippen LogP contribution in [-0.4, -0.2) is 41.1 Å². The summed E-state index contributed by atoms with van der Waals surface area (Å²) in [7, 11) is 0. The molecule has 0 fully saturated rings. The van der Waals surface area contributed by atoms with Gasteiger partial charge in [-0.25, -0.2) is 4.68 Å². The predicted molar refractivity (Wildman–Crippen MR) is 56.6 cm³/mol. The number of rotatable bonds is 4. The third-order valence-electron chi connectivity index (χ3n) is 2.46. The van der Waals surface area contributed by atoms with Crippen LogP contribution in [0, 0.1) is 10.1 Å². The van der Waals surface area contributed by atoms with E-state index in [1.165, 1.54) is 6.92 Å². The second-order valence-corrected chi connectivity index (χ2v) is 3.92. The molecule has 0 saturated heterocycles. The Morgan fingerprint density at radius 2 is 2.20 bits per heavy atom. The average molecular weight is 291 g/mol. The summed E-state index contributed by atoms with van der Waals surface area (Å²) < 4.78 is 38.7. The molecule has 1 unspecified atom stereocenters. The fourth-order valence-corrected chi connectivity index (χ4v) is 1.55. The number of hydrogen-bond donors (Lipinski definition) is 0. The third kappa shape index (κ3) is 2.89. The molecule has 2 rings (SSSR count). The summed E-state index contributed by atoms with van der Waals surface area (Å²) >= 11 is 0. The van der Waals surface area contributed by atoms with Crippen LogP contribution in [0.3, 0.4) is 0 Å². The van der Waals surface area contributed by atoms with Gasteiger partial charge in [0.05, 0.1) is 4.92 Å². The fourth-order valence-electron chi connectivity index (χ4n) is 1.55. The normalized spacial score (nSPS) is 13.4. The molecule has 0 saturated carbocycles. The number of tetrazole rings is 1. The zero-order valence-electron chi connectivity index (χ0n) is 10.0. The number of halogens is 3. The van der Waals surface area contributed by atoms with Gasteiger partial charge in [-0.05, 0) is 17.4 Å². The lowest BCUT2D eigenvalue weighted by Crippen LogP contribution is -2.23. The molecule has 2 heterocycles. The van der Waals surface area contributed by atoms with Crippen LogP contribution in [0.2, 0.25) is 0 Å². The van der Waals surface area contributed by atoms with E-state index in [1.807, 2.05) is 0 Å². The molecule has 0 N–H and O–H groups in total. The number of hydrogen-bond acceptors (Lipinski definition) is 6. The third-order valence-corrected chi connectivity index (χ3v) is 2.46. The van der Waals surface area contributed by atoms with Gasteiger partial charge in [0.15, 0.2) is 5.82 Å². The molecule has 108 valence electrons. The molecule has 9 nitrogen and oxygen atoms in total. The zero-order valence-corrected chi connectivity index (χ0v) is 10.0. The molecular formula is C8H8F3N7O2. The summed E-state index contributed by atoms with van der Waals surface area (Å²) in [6, 6.07) is -0.777. The highest BCUT2D eigenvalue weighted by molar-refractivity contribution is 5.21. The van der Waals surface area contributed by atoms with Gasteiger partial charge in [-0.2, -0.15) is 18.3 Å². The summed E-state index contributed by atoms with van der Waals surface area (Å²) in [5.74, 6) is -0.0969. The molecule has 1 atom stereocenters. The minimum atomic E-state index is -4.47. The Kier molecular flexibility index (Phi) is 3.38. The Labute approximate surface area is 109 Å². The SMILES string of the molecule is CC(c1nnnn1CC(F)(F)F)n1cc([N+](=O)[O-])cn1. The summed E-state index contributed by atoms with van der Waals surface area (Å²) in [4.78, 5) is 9.88. The van der Waals surface area contributed by atoms with Gasteiger partial charge in [-0.1, -0.05) is 0 Å². The van der Waals surface area contributed by atoms with Crippen molar-refractivity contribution in [1.82, 2.24) is 30.0 Å². The molecule has 2 aromatic rings. The lowest BCUT2D eigenvalue weighted by atomic mass is 10.3. The molecule has 0 amide bonds. The Balaban J connectivity index is 2.26. The molecule has 0 aromatic carbocycles. The maximum atomic E-state index is 12.3. The van der Waals surface area contributed by atoms with Crippen molar-refractivity contribution >= 4 is 5.69 Å². The fraction of sp³-hybridized carbons (Fsp3) is 0.500. The van der Waals surface area contributed by atoms with Crippen molar-refractivity contribution in [1.29, 1.82) is 0 Å². The molecule has 0 aliphatic rings. The summed E-state index contributed by atoms with van der Waals surface area (Å²) in [5, 5.41) is 24.2. The number of nitro groups is 1. The standard InChI is InChI=1S/C8H8F3N7O2/c1-5(16-3-6(2-12-16)18(19)20)7-13-14-15-17(7)4-8(9,10)11/h2-3,5H,4H2,1H3. The Morgan fingerprint density at radius 3 is 2.75 bits per heavy atom. The number of aromatic nitrogens is 6. The second-order valence-electron chi connectivity index (χ2n) is 3.92. The van der Waals surface area contributed by atoms with E-state index in [4.69, 9.17) is 0 Å². The highest BCUT2D eigenvalue weighted by Gasteiger charge is 2.31. The van der Waals surface area contributed by atoms with Crippen molar-refractivity contribution in [3.63, 3.8) is 0 Å². The van der Waals surface area contributed by atoms with Crippen molar-refractivity contribution in [2.45, 2.75) is 25.7 Å². The summed E-state index contributed by atoms with van der Waals surface area (Å²) in [5.41, 5.74) is -0.272. The van der Waals surface area contributed by atoms with Crippen LogP contribution >= 0.6 is 0 Å². The maximum absolute atomic E-state index is 12.3. The van der Waals surface area contributed by atoms with Crippen LogP contribution in [0.15, 0.2) is 12.4 Å². The first-order valence-electron chi connectivity index (χ1n) is 5.29. The first kappa shape index (κ1) is 13.9. The zero-order chi connectivity index (χ0) is 14.9. The van der Waals surface area contributed by atoms with E-state index in [-0.39, 0.29) is 11.5 Å². The summed E-state index contributed by atoms with van der Waals surface area (Å²) in [6.07, 6.45) is -2.38. The Hall–Kier alpha value is -2.53. The topological polar surface area (TPSA) is 105 Å². The smallest absolute Gasteiger partial charge is 0.258 e. The van der Waals surface area contributed by atoms with Crippen LogP contribution in [0.25, 0.3) is 0 Å². The molecular weight excluding hydrogens is 283 g/mol. The predicted octanol–water partition coefficient (Wildman–Crippen LogP) is 0.949. The molecule has 0 aliphatic heterocycles. The van der Waals surface area contributed by atoms with Crippen molar-refractivity contribution in [2.75, 3.05) is 0 Å². The molecule has 2 aromatic heterocycles. The first-order valence-corrected chi connectivity index (χ1v) is 5.29. The first-order chi connectivity index (χ1) is 9.28. The monoisotopic (exact) mass is 291 g/mol. The average Bonchev–Trinajstić information content (AvgIpc) is 2.93. The maximum Gasteiger partial charge on any atom is 0.408 e. The highest BCUT2D eigenvalue weighted by atomic mass is 19.4. The van der Waals surface area contributed by atoms with Crippen molar-refractivity contribution < 1.29 is 18.1 Å². The van der Waals surface area contributed by atoms with Gasteiger partial charge < -0.3 is 0 Å². The van der Waals surface area contributed by atoms with Gasteiger partial charge in [0.2, 0.25) is 0 Å². The quantitative estimate of drug-likeness (QED) is 0.613. The van der Waals surface area contributed by atoms with Crippen LogP contribution < -0.4 is 0 Å². The van der Waals surface area contributed by atoms with E-state index in [0.717, 1.165) is 17.1 Å². The lowest BCUT2D eigenvalue weighted by Gasteiger charge is -2.12.